The number of anilines is 1. The molecule has 0 aromatic carbocycles. The SMILES string of the molecule is CC(C)CC(=O)Nc1nccc(C(F)(F)F)n1. The zero-order valence-corrected chi connectivity index (χ0v) is 9.38. The number of aromatic nitrogens is 2. The van der Waals surface area contributed by atoms with Crippen LogP contribution in [-0.4, -0.2) is 15.9 Å². The summed E-state index contributed by atoms with van der Waals surface area (Å²) in [6.07, 6.45) is -3.37. The van der Waals surface area contributed by atoms with Gasteiger partial charge in [-0.25, -0.2) is 9.97 Å². The summed E-state index contributed by atoms with van der Waals surface area (Å²) in [5.41, 5.74) is -1.08. The van der Waals surface area contributed by atoms with Crippen LogP contribution < -0.4 is 5.32 Å². The minimum atomic E-state index is -4.54. The predicted octanol–water partition coefficient (Wildman–Crippen LogP) is 2.48. The summed E-state index contributed by atoms with van der Waals surface area (Å²) in [4.78, 5) is 18.1. The van der Waals surface area contributed by atoms with Gasteiger partial charge in [-0.05, 0) is 12.0 Å². The van der Waals surface area contributed by atoms with Gasteiger partial charge in [0.05, 0.1) is 0 Å². The molecular weight excluding hydrogens is 235 g/mol. The molecule has 1 amide bonds. The Balaban J connectivity index is 2.76. The lowest BCUT2D eigenvalue weighted by atomic mass is 10.1. The van der Waals surface area contributed by atoms with Gasteiger partial charge in [0.25, 0.3) is 0 Å². The van der Waals surface area contributed by atoms with Gasteiger partial charge in [0, 0.05) is 12.6 Å². The largest absolute Gasteiger partial charge is 0.433 e. The van der Waals surface area contributed by atoms with Crippen LogP contribution in [0, 0.1) is 5.92 Å². The van der Waals surface area contributed by atoms with E-state index in [1.807, 2.05) is 13.8 Å². The maximum absolute atomic E-state index is 12.3. The molecule has 17 heavy (non-hydrogen) atoms. The molecule has 0 spiro atoms. The third-order valence-electron chi connectivity index (χ3n) is 1.79. The van der Waals surface area contributed by atoms with E-state index in [0.717, 1.165) is 12.3 Å². The van der Waals surface area contributed by atoms with Crippen molar-refractivity contribution in [3.8, 4) is 0 Å². The number of hydrogen-bond donors (Lipinski definition) is 1. The van der Waals surface area contributed by atoms with Gasteiger partial charge in [0.15, 0.2) is 0 Å². The predicted molar refractivity (Wildman–Crippen MR) is 55.1 cm³/mol. The van der Waals surface area contributed by atoms with Gasteiger partial charge in [0.2, 0.25) is 11.9 Å². The van der Waals surface area contributed by atoms with E-state index in [2.05, 4.69) is 15.3 Å². The molecule has 0 saturated heterocycles. The minimum Gasteiger partial charge on any atom is -0.295 e. The minimum absolute atomic E-state index is 0.112. The van der Waals surface area contributed by atoms with Crippen LogP contribution in [0.4, 0.5) is 19.1 Å². The lowest BCUT2D eigenvalue weighted by Gasteiger charge is -2.08. The van der Waals surface area contributed by atoms with E-state index in [0.29, 0.717) is 0 Å². The van der Waals surface area contributed by atoms with Crippen LogP contribution in [0.15, 0.2) is 12.3 Å². The molecular formula is C10H12F3N3O. The number of hydrogen-bond acceptors (Lipinski definition) is 3. The summed E-state index contributed by atoms with van der Waals surface area (Å²) in [6.45, 7) is 3.65. The molecule has 94 valence electrons. The van der Waals surface area contributed by atoms with Gasteiger partial charge >= 0.3 is 6.18 Å². The highest BCUT2D eigenvalue weighted by Crippen LogP contribution is 2.27. The number of rotatable bonds is 3. The van der Waals surface area contributed by atoms with E-state index in [4.69, 9.17) is 0 Å². The molecule has 0 atom stereocenters. The number of nitrogens with one attached hydrogen (secondary N) is 1. The molecule has 0 radical (unpaired) electrons. The Labute approximate surface area is 96.3 Å². The highest BCUT2D eigenvalue weighted by atomic mass is 19.4. The Bertz CT molecular complexity index is 404. The van der Waals surface area contributed by atoms with Crippen LogP contribution in [-0.2, 0) is 11.0 Å². The van der Waals surface area contributed by atoms with Gasteiger partial charge in [0.1, 0.15) is 5.69 Å². The van der Waals surface area contributed by atoms with Crippen molar-refractivity contribution >= 4 is 11.9 Å². The molecule has 1 heterocycles. The first kappa shape index (κ1) is 13.4. The fourth-order valence-corrected chi connectivity index (χ4v) is 1.12. The summed E-state index contributed by atoms with van der Waals surface area (Å²) >= 11 is 0. The molecule has 0 fully saturated rings. The molecule has 1 aromatic rings. The first-order valence-electron chi connectivity index (χ1n) is 4.99. The lowest BCUT2D eigenvalue weighted by molar-refractivity contribution is -0.141. The van der Waals surface area contributed by atoms with Crippen LogP contribution in [0.1, 0.15) is 26.0 Å². The Kier molecular flexibility index (Phi) is 4.03. The van der Waals surface area contributed by atoms with E-state index in [9.17, 15) is 18.0 Å². The molecule has 4 nitrogen and oxygen atoms in total. The van der Waals surface area contributed by atoms with Crippen molar-refractivity contribution in [2.24, 2.45) is 5.92 Å². The normalized spacial score (nSPS) is 11.6. The van der Waals surface area contributed by atoms with Crippen LogP contribution in [0.25, 0.3) is 0 Å². The van der Waals surface area contributed by atoms with Gasteiger partial charge in [-0.2, -0.15) is 13.2 Å². The van der Waals surface area contributed by atoms with Crippen molar-refractivity contribution < 1.29 is 18.0 Å². The van der Waals surface area contributed by atoms with E-state index in [1.54, 1.807) is 0 Å². The van der Waals surface area contributed by atoms with E-state index in [1.165, 1.54) is 0 Å². The number of halogens is 3. The summed E-state index contributed by atoms with van der Waals surface area (Å²) in [5.74, 6) is -0.620. The quantitative estimate of drug-likeness (QED) is 0.892. The van der Waals surface area contributed by atoms with Crippen molar-refractivity contribution in [2.45, 2.75) is 26.4 Å². The standard InChI is InChI=1S/C10H12F3N3O/c1-6(2)5-8(17)16-9-14-4-3-7(15-9)10(11,12)13/h3-4,6H,5H2,1-2H3,(H,14,15,16,17). The zero-order valence-electron chi connectivity index (χ0n) is 9.38. The van der Waals surface area contributed by atoms with Crippen molar-refractivity contribution in [1.29, 1.82) is 0 Å². The Hall–Kier alpha value is -1.66. The highest BCUT2D eigenvalue weighted by Gasteiger charge is 2.32. The van der Waals surface area contributed by atoms with E-state index in [-0.39, 0.29) is 18.3 Å². The molecule has 0 saturated carbocycles. The Morgan fingerprint density at radius 3 is 2.65 bits per heavy atom. The summed E-state index contributed by atoms with van der Waals surface area (Å²) in [7, 11) is 0. The van der Waals surface area contributed by atoms with Crippen LogP contribution >= 0.6 is 0 Å². The van der Waals surface area contributed by atoms with E-state index >= 15 is 0 Å². The van der Waals surface area contributed by atoms with Crippen molar-refractivity contribution in [2.75, 3.05) is 5.32 Å². The maximum atomic E-state index is 12.3. The van der Waals surface area contributed by atoms with Gasteiger partial charge in [-0.3, -0.25) is 10.1 Å². The summed E-state index contributed by atoms with van der Waals surface area (Å²) in [6, 6.07) is 0.748. The Morgan fingerprint density at radius 2 is 2.12 bits per heavy atom. The fourth-order valence-electron chi connectivity index (χ4n) is 1.12. The second-order valence-electron chi connectivity index (χ2n) is 3.91. The van der Waals surface area contributed by atoms with Crippen molar-refractivity contribution in [1.82, 2.24) is 9.97 Å². The molecule has 1 N–H and O–H groups in total. The smallest absolute Gasteiger partial charge is 0.295 e. The second-order valence-corrected chi connectivity index (χ2v) is 3.91. The highest BCUT2D eigenvalue weighted by molar-refractivity contribution is 5.88. The van der Waals surface area contributed by atoms with Gasteiger partial charge in [-0.15, -0.1) is 0 Å². The average Bonchev–Trinajstić information content (AvgIpc) is 2.15. The molecule has 0 unspecified atom stereocenters. The molecule has 0 aliphatic rings. The third kappa shape index (κ3) is 4.38. The number of amides is 1. The molecule has 0 bridgehead atoms. The van der Waals surface area contributed by atoms with Crippen LogP contribution in [0.5, 0.6) is 0 Å². The van der Waals surface area contributed by atoms with Crippen LogP contribution in [0.2, 0.25) is 0 Å². The first-order valence-corrected chi connectivity index (χ1v) is 4.99. The van der Waals surface area contributed by atoms with Gasteiger partial charge in [-0.1, -0.05) is 13.8 Å². The Morgan fingerprint density at radius 1 is 1.47 bits per heavy atom. The molecule has 0 aliphatic heterocycles. The summed E-state index contributed by atoms with van der Waals surface area (Å²) < 4.78 is 36.9. The molecule has 0 aliphatic carbocycles. The molecule has 7 heteroatoms. The zero-order chi connectivity index (χ0) is 13.1. The first-order chi connectivity index (χ1) is 7.79. The van der Waals surface area contributed by atoms with Crippen molar-refractivity contribution in [3.63, 3.8) is 0 Å². The van der Waals surface area contributed by atoms with E-state index < -0.39 is 17.8 Å². The fraction of sp³-hybridized carbons (Fsp3) is 0.500. The second kappa shape index (κ2) is 5.11. The number of alkyl halides is 3. The average molecular weight is 247 g/mol. The number of carbonyl (C=O) groups excluding carboxylic acids is 1. The molecule has 1 aromatic heterocycles. The number of nitrogens with zero attached hydrogens (tertiary/aromatic N) is 2. The van der Waals surface area contributed by atoms with Crippen LogP contribution in [0.3, 0.4) is 0 Å². The topological polar surface area (TPSA) is 54.9 Å². The summed E-state index contributed by atoms with van der Waals surface area (Å²) in [5, 5.41) is 2.22. The maximum Gasteiger partial charge on any atom is 0.433 e. The third-order valence-corrected chi connectivity index (χ3v) is 1.79. The van der Waals surface area contributed by atoms with Crippen molar-refractivity contribution in [3.05, 3.63) is 18.0 Å². The van der Waals surface area contributed by atoms with Gasteiger partial charge < -0.3 is 0 Å². The lowest BCUT2D eigenvalue weighted by Crippen LogP contribution is -2.17. The molecule has 1 rings (SSSR count). The monoisotopic (exact) mass is 247 g/mol. The number of carbonyl (C=O) groups is 1.